The Morgan fingerprint density at radius 3 is 2.59 bits per heavy atom. The topological polar surface area (TPSA) is 85.1 Å². The second-order valence-electron chi connectivity index (χ2n) is 8.63. The number of alkyl halides is 3. The molecule has 4 heterocycles. The van der Waals surface area contributed by atoms with Gasteiger partial charge in [-0.15, -0.1) is 0 Å². The van der Waals surface area contributed by atoms with E-state index in [2.05, 4.69) is 24.8 Å². The number of hydrogen-bond acceptors (Lipinski definition) is 8. The van der Waals surface area contributed by atoms with E-state index in [1.54, 1.807) is 13.3 Å². The van der Waals surface area contributed by atoms with Gasteiger partial charge in [0.05, 0.1) is 18.6 Å². The summed E-state index contributed by atoms with van der Waals surface area (Å²) in [6.07, 6.45) is 0.204. The van der Waals surface area contributed by atoms with Crippen molar-refractivity contribution in [3.8, 4) is 0 Å². The summed E-state index contributed by atoms with van der Waals surface area (Å²) in [5.41, 5.74) is 1.55. The summed E-state index contributed by atoms with van der Waals surface area (Å²) in [5, 5.41) is 0. The predicted octanol–water partition coefficient (Wildman–Crippen LogP) is 2.95. The molecule has 0 aromatic carbocycles. The summed E-state index contributed by atoms with van der Waals surface area (Å²) in [5.74, 6) is 1.89. The van der Waals surface area contributed by atoms with Crippen LogP contribution in [-0.4, -0.2) is 81.0 Å². The highest BCUT2D eigenvalue weighted by Gasteiger charge is 2.31. The Kier molecular flexibility index (Phi) is 7.27. The van der Waals surface area contributed by atoms with Crippen LogP contribution in [0.25, 0.3) is 11.2 Å². The van der Waals surface area contributed by atoms with Crippen LogP contribution >= 0.6 is 0 Å². The third-order valence-electron chi connectivity index (χ3n) is 5.98. The van der Waals surface area contributed by atoms with Crippen LogP contribution in [0.15, 0.2) is 18.6 Å². The first kappa shape index (κ1) is 24.3. The van der Waals surface area contributed by atoms with Gasteiger partial charge in [-0.05, 0) is 38.9 Å². The van der Waals surface area contributed by atoms with E-state index in [9.17, 15) is 13.2 Å². The van der Waals surface area contributed by atoms with Crippen LogP contribution in [0.1, 0.15) is 36.1 Å². The Balaban J connectivity index is 1.57. The van der Waals surface area contributed by atoms with Gasteiger partial charge in [0.25, 0.3) is 0 Å². The van der Waals surface area contributed by atoms with Crippen molar-refractivity contribution in [1.29, 1.82) is 0 Å². The Hall–Kier alpha value is -2.86. The lowest BCUT2D eigenvalue weighted by Gasteiger charge is -2.31. The van der Waals surface area contributed by atoms with E-state index < -0.39 is 12.7 Å². The van der Waals surface area contributed by atoms with Gasteiger partial charge in [-0.3, -0.25) is 4.90 Å². The molecular weight excluding hydrogens is 449 g/mol. The third kappa shape index (κ3) is 5.79. The van der Waals surface area contributed by atoms with E-state index in [4.69, 9.17) is 9.72 Å². The molecule has 0 spiro atoms. The molecule has 0 N–H and O–H groups in total. The summed E-state index contributed by atoms with van der Waals surface area (Å²) >= 11 is 0. The molecular formula is C22H29F3N8O. The summed E-state index contributed by atoms with van der Waals surface area (Å²) in [7, 11) is 3.43. The van der Waals surface area contributed by atoms with Crippen LogP contribution in [0, 0.1) is 6.92 Å². The summed E-state index contributed by atoms with van der Waals surface area (Å²) in [6, 6.07) is 1.92. The number of anilines is 1. The van der Waals surface area contributed by atoms with E-state index >= 15 is 0 Å². The van der Waals surface area contributed by atoms with Crippen LogP contribution in [0.3, 0.4) is 0 Å². The van der Waals surface area contributed by atoms with Crippen molar-refractivity contribution in [1.82, 2.24) is 34.4 Å². The Labute approximate surface area is 196 Å². The fourth-order valence-electron chi connectivity index (χ4n) is 4.21. The van der Waals surface area contributed by atoms with Crippen molar-refractivity contribution in [2.24, 2.45) is 0 Å². The van der Waals surface area contributed by atoms with E-state index in [0.29, 0.717) is 30.3 Å². The van der Waals surface area contributed by atoms with Gasteiger partial charge in [0, 0.05) is 39.4 Å². The zero-order valence-corrected chi connectivity index (χ0v) is 19.6. The van der Waals surface area contributed by atoms with Gasteiger partial charge < -0.3 is 14.2 Å². The van der Waals surface area contributed by atoms with Gasteiger partial charge in [0.2, 0.25) is 0 Å². The van der Waals surface area contributed by atoms with Crippen molar-refractivity contribution in [3.63, 3.8) is 0 Å². The van der Waals surface area contributed by atoms with E-state index in [1.807, 2.05) is 24.9 Å². The first-order valence-electron chi connectivity index (χ1n) is 11.2. The average molecular weight is 479 g/mol. The number of hydrogen-bond donors (Lipinski definition) is 0. The number of aryl methyl sites for hydroxylation is 1. The third-order valence-corrected chi connectivity index (χ3v) is 5.98. The fraction of sp³-hybridized carbons (Fsp3) is 0.591. The average Bonchev–Trinajstić information content (AvgIpc) is 3.18. The molecule has 4 rings (SSSR count). The van der Waals surface area contributed by atoms with Gasteiger partial charge in [0.1, 0.15) is 18.2 Å². The van der Waals surface area contributed by atoms with Crippen molar-refractivity contribution < 1.29 is 17.9 Å². The van der Waals surface area contributed by atoms with Crippen molar-refractivity contribution >= 4 is 17.0 Å². The zero-order chi connectivity index (χ0) is 24.3. The van der Waals surface area contributed by atoms with Gasteiger partial charge in [-0.2, -0.15) is 13.2 Å². The van der Waals surface area contributed by atoms with Gasteiger partial charge in [-0.1, -0.05) is 0 Å². The lowest BCUT2D eigenvalue weighted by Crippen LogP contribution is -2.33. The second kappa shape index (κ2) is 10.2. The molecule has 0 atom stereocenters. The van der Waals surface area contributed by atoms with Crippen LogP contribution < -0.4 is 4.90 Å². The second-order valence-corrected chi connectivity index (χ2v) is 8.63. The van der Waals surface area contributed by atoms with E-state index in [0.717, 1.165) is 48.6 Å². The molecule has 184 valence electrons. The number of nitrogens with zero attached hydrogens (tertiary/aromatic N) is 8. The maximum atomic E-state index is 13.1. The highest BCUT2D eigenvalue weighted by atomic mass is 19.4. The highest BCUT2D eigenvalue weighted by molar-refractivity contribution is 5.83. The number of aromatic nitrogens is 6. The molecule has 34 heavy (non-hydrogen) atoms. The Bertz CT molecular complexity index is 1110. The van der Waals surface area contributed by atoms with E-state index in [-0.39, 0.29) is 11.6 Å². The minimum atomic E-state index is -4.37. The molecule has 0 saturated carbocycles. The molecule has 3 aromatic rings. The quantitative estimate of drug-likeness (QED) is 0.489. The van der Waals surface area contributed by atoms with Gasteiger partial charge in [-0.25, -0.2) is 24.9 Å². The molecule has 9 nitrogen and oxygen atoms in total. The number of likely N-dealkylation sites (N-methyl/N-ethyl adjacent to an activating group) is 1. The number of methoxy groups -OCH3 is 1. The molecule has 0 bridgehead atoms. The Morgan fingerprint density at radius 2 is 1.91 bits per heavy atom. The predicted molar refractivity (Wildman–Crippen MR) is 121 cm³/mol. The summed E-state index contributed by atoms with van der Waals surface area (Å²) in [4.78, 5) is 26.4. The fourth-order valence-corrected chi connectivity index (χ4v) is 4.21. The minimum absolute atomic E-state index is 0.0524. The maximum Gasteiger partial charge on any atom is 0.406 e. The highest BCUT2D eigenvalue weighted by Crippen LogP contribution is 2.31. The monoisotopic (exact) mass is 478 g/mol. The molecule has 1 aliphatic heterocycles. The normalized spacial score (nSPS) is 15.8. The number of likely N-dealkylation sites (tertiary alicyclic amines) is 1. The molecule has 12 heteroatoms. The van der Waals surface area contributed by atoms with Crippen molar-refractivity contribution in [2.75, 3.05) is 45.3 Å². The molecule has 0 radical (unpaired) electrons. The lowest BCUT2D eigenvalue weighted by atomic mass is 9.95. The smallest absolute Gasteiger partial charge is 0.383 e. The summed E-state index contributed by atoms with van der Waals surface area (Å²) < 4.78 is 45.6. The van der Waals surface area contributed by atoms with E-state index in [1.165, 1.54) is 6.33 Å². The standard InChI is InChI=1S/C22H29F3N8O/c1-15-26-7-4-17(28-15)12-32-8-5-16(6-9-32)19-29-20(31(2)10-11-34-3)18-21(30-19)33(14-27-18)13-22(23,24)25/h4,7,14,16H,5-6,8-13H2,1-3H3. The molecule has 1 fully saturated rings. The lowest BCUT2D eigenvalue weighted by molar-refractivity contribution is -0.140. The summed E-state index contributed by atoms with van der Waals surface area (Å²) in [6.45, 7) is 4.11. The van der Waals surface area contributed by atoms with Gasteiger partial charge >= 0.3 is 6.18 Å². The number of piperidine rings is 1. The first-order chi connectivity index (χ1) is 16.2. The van der Waals surface area contributed by atoms with Crippen LogP contribution in [0.4, 0.5) is 19.0 Å². The maximum absolute atomic E-state index is 13.1. The largest absolute Gasteiger partial charge is 0.406 e. The molecule has 0 aliphatic carbocycles. The van der Waals surface area contributed by atoms with Crippen molar-refractivity contribution in [3.05, 3.63) is 35.9 Å². The van der Waals surface area contributed by atoms with Crippen LogP contribution in [0.2, 0.25) is 0 Å². The molecule has 1 saturated heterocycles. The number of rotatable bonds is 8. The first-order valence-corrected chi connectivity index (χ1v) is 11.2. The SMILES string of the molecule is COCCN(C)c1nc(C2CCN(Cc3ccnc(C)n3)CC2)nc2c1ncn2CC(F)(F)F. The minimum Gasteiger partial charge on any atom is -0.383 e. The zero-order valence-electron chi connectivity index (χ0n) is 19.6. The number of fused-ring (bicyclic) bond motifs is 1. The molecule has 0 unspecified atom stereocenters. The molecule has 1 aliphatic rings. The molecule has 3 aromatic heterocycles. The number of halogens is 3. The molecule has 0 amide bonds. The van der Waals surface area contributed by atoms with Crippen LogP contribution in [0.5, 0.6) is 0 Å². The number of ether oxygens (including phenoxy) is 1. The van der Waals surface area contributed by atoms with Crippen LogP contribution in [-0.2, 0) is 17.8 Å². The number of imidazole rings is 1. The Morgan fingerprint density at radius 1 is 1.15 bits per heavy atom. The van der Waals surface area contributed by atoms with Crippen molar-refractivity contribution in [2.45, 2.75) is 44.9 Å². The van der Waals surface area contributed by atoms with Gasteiger partial charge in [0.15, 0.2) is 17.0 Å².